The Labute approximate surface area is 121 Å². The van der Waals surface area contributed by atoms with Gasteiger partial charge in [-0.3, -0.25) is 0 Å². The molecule has 2 rings (SSSR count). The van der Waals surface area contributed by atoms with Gasteiger partial charge in [-0.25, -0.2) is 4.79 Å². The summed E-state index contributed by atoms with van der Waals surface area (Å²) in [5.41, 5.74) is 1.92. The highest BCUT2D eigenvalue weighted by molar-refractivity contribution is 6.39. The van der Waals surface area contributed by atoms with Gasteiger partial charge in [-0.15, -0.1) is 0 Å². The number of carbonyl (C=O) groups is 1. The van der Waals surface area contributed by atoms with E-state index in [9.17, 15) is 4.79 Å². The van der Waals surface area contributed by atoms with Gasteiger partial charge >= 0.3 is 6.03 Å². The molecule has 2 aromatic carbocycles. The van der Waals surface area contributed by atoms with Crippen molar-refractivity contribution in [1.29, 1.82) is 0 Å². The van der Waals surface area contributed by atoms with Crippen LogP contribution in [0.15, 0.2) is 42.5 Å². The molecule has 0 aromatic heterocycles. The fraction of sp³-hybridized carbons (Fsp3) is 0. The van der Waals surface area contributed by atoms with Crippen molar-refractivity contribution in [2.45, 2.75) is 0 Å². The van der Waals surface area contributed by atoms with Crippen LogP contribution in [0.1, 0.15) is 5.56 Å². The smallest absolute Gasteiger partial charge is 0.308 e. The van der Waals surface area contributed by atoms with Crippen LogP contribution in [0.25, 0.3) is 0 Å². The van der Waals surface area contributed by atoms with E-state index >= 15 is 0 Å². The number of anilines is 2. The third-order valence-corrected chi connectivity index (χ3v) is 3.04. The Balaban J connectivity index is 2.07. The molecule has 0 aliphatic heterocycles. The Morgan fingerprint density at radius 2 is 1.53 bits per heavy atom. The van der Waals surface area contributed by atoms with Crippen molar-refractivity contribution in [2.75, 3.05) is 10.6 Å². The number of hydrogen-bond acceptors (Lipinski definition) is 1. The molecule has 3 nitrogen and oxygen atoms in total. The van der Waals surface area contributed by atoms with Gasteiger partial charge in [0.25, 0.3) is 0 Å². The Hall–Kier alpha value is -1.71. The summed E-state index contributed by atoms with van der Waals surface area (Å²) < 4.78 is 0. The molecule has 2 amide bonds. The summed E-state index contributed by atoms with van der Waals surface area (Å²) in [6.07, 6.45) is 0. The molecule has 0 saturated heterocycles. The van der Waals surface area contributed by atoms with E-state index in [2.05, 4.69) is 17.6 Å². The van der Waals surface area contributed by atoms with Crippen LogP contribution in [-0.4, -0.2) is 6.03 Å². The number of nitrogens with one attached hydrogen (secondary N) is 2. The van der Waals surface area contributed by atoms with Gasteiger partial charge in [0.05, 0.1) is 15.7 Å². The molecule has 0 aliphatic rings. The lowest BCUT2D eigenvalue weighted by Crippen LogP contribution is -2.19. The van der Waals surface area contributed by atoms with E-state index < -0.39 is 6.03 Å². The first-order chi connectivity index (χ1) is 9.06. The summed E-state index contributed by atoms with van der Waals surface area (Å²) in [5.74, 6) is 0. The summed E-state index contributed by atoms with van der Waals surface area (Å²) in [4.78, 5) is 11.8. The van der Waals surface area contributed by atoms with Crippen LogP contribution in [0, 0.1) is 6.92 Å². The van der Waals surface area contributed by atoms with Crippen molar-refractivity contribution < 1.29 is 4.79 Å². The number of halogens is 2. The minimum atomic E-state index is -0.410. The Morgan fingerprint density at radius 3 is 2.11 bits per heavy atom. The number of urea groups is 1. The number of para-hydroxylation sites is 1. The summed E-state index contributed by atoms with van der Waals surface area (Å²) in [6, 6.07) is 11.7. The SMILES string of the molecule is [CH2]c1ccc(NC(=O)Nc2c(Cl)cccc2Cl)cc1. The van der Waals surface area contributed by atoms with E-state index in [1.54, 1.807) is 42.5 Å². The van der Waals surface area contributed by atoms with E-state index in [-0.39, 0.29) is 0 Å². The zero-order chi connectivity index (χ0) is 13.8. The third kappa shape index (κ3) is 3.63. The third-order valence-electron chi connectivity index (χ3n) is 2.41. The van der Waals surface area contributed by atoms with E-state index in [0.717, 1.165) is 5.56 Å². The molecule has 2 aromatic rings. The average molecular weight is 294 g/mol. The highest BCUT2D eigenvalue weighted by Crippen LogP contribution is 2.29. The van der Waals surface area contributed by atoms with Crippen molar-refractivity contribution in [2.24, 2.45) is 0 Å². The monoisotopic (exact) mass is 293 g/mol. The molecule has 0 fully saturated rings. The molecule has 0 atom stereocenters. The van der Waals surface area contributed by atoms with Gasteiger partial charge in [-0.2, -0.15) is 0 Å². The van der Waals surface area contributed by atoms with Crippen molar-refractivity contribution in [3.05, 3.63) is 65.0 Å². The lowest BCUT2D eigenvalue weighted by Gasteiger charge is -2.10. The highest BCUT2D eigenvalue weighted by Gasteiger charge is 2.09. The number of rotatable bonds is 2. The van der Waals surface area contributed by atoms with Crippen LogP contribution in [0.4, 0.5) is 16.2 Å². The van der Waals surface area contributed by atoms with Crippen LogP contribution in [-0.2, 0) is 0 Å². The molecule has 5 heteroatoms. The summed E-state index contributed by atoms with van der Waals surface area (Å²) in [7, 11) is 0. The minimum absolute atomic E-state index is 0.385. The predicted molar refractivity (Wildman–Crippen MR) is 80.0 cm³/mol. The van der Waals surface area contributed by atoms with E-state index in [1.807, 2.05) is 0 Å². The Bertz CT molecular complexity index is 577. The predicted octanol–water partition coefficient (Wildman–Crippen LogP) is 4.82. The first-order valence-electron chi connectivity index (χ1n) is 5.50. The molecular weight excluding hydrogens is 283 g/mol. The maximum atomic E-state index is 11.8. The molecule has 19 heavy (non-hydrogen) atoms. The van der Waals surface area contributed by atoms with Crippen molar-refractivity contribution in [3.8, 4) is 0 Å². The lowest BCUT2D eigenvalue weighted by atomic mass is 10.2. The lowest BCUT2D eigenvalue weighted by molar-refractivity contribution is 0.262. The molecule has 0 saturated carbocycles. The van der Waals surface area contributed by atoms with Gasteiger partial charge in [0.2, 0.25) is 0 Å². The van der Waals surface area contributed by atoms with Crippen molar-refractivity contribution in [1.82, 2.24) is 0 Å². The highest BCUT2D eigenvalue weighted by atomic mass is 35.5. The summed E-state index contributed by atoms with van der Waals surface area (Å²) in [6.45, 7) is 3.77. The normalized spacial score (nSPS) is 10.1. The summed E-state index contributed by atoms with van der Waals surface area (Å²) in [5, 5.41) is 6.06. The molecule has 0 unspecified atom stereocenters. The molecule has 0 heterocycles. The van der Waals surface area contributed by atoms with Crippen LogP contribution in [0.3, 0.4) is 0 Å². The van der Waals surface area contributed by atoms with Crippen LogP contribution >= 0.6 is 23.2 Å². The van der Waals surface area contributed by atoms with Gasteiger partial charge in [-0.1, -0.05) is 41.4 Å². The molecule has 1 radical (unpaired) electrons. The van der Waals surface area contributed by atoms with Gasteiger partial charge < -0.3 is 10.6 Å². The van der Waals surface area contributed by atoms with Crippen LogP contribution in [0.2, 0.25) is 10.0 Å². The van der Waals surface area contributed by atoms with Gasteiger partial charge in [0.1, 0.15) is 0 Å². The van der Waals surface area contributed by atoms with E-state index in [1.165, 1.54) is 0 Å². The molecule has 97 valence electrons. The Morgan fingerprint density at radius 1 is 0.947 bits per heavy atom. The molecule has 0 bridgehead atoms. The second-order valence-corrected chi connectivity index (χ2v) is 4.69. The van der Waals surface area contributed by atoms with Gasteiger partial charge in [0.15, 0.2) is 0 Å². The second kappa shape index (κ2) is 5.95. The van der Waals surface area contributed by atoms with Crippen molar-refractivity contribution in [3.63, 3.8) is 0 Å². The number of amides is 2. The zero-order valence-electron chi connectivity index (χ0n) is 9.91. The maximum absolute atomic E-state index is 11.8. The molecule has 0 spiro atoms. The fourth-order valence-electron chi connectivity index (χ4n) is 1.48. The molecule has 0 aliphatic carbocycles. The number of benzene rings is 2. The fourth-order valence-corrected chi connectivity index (χ4v) is 1.97. The van der Waals surface area contributed by atoms with Gasteiger partial charge in [0, 0.05) is 5.69 Å². The van der Waals surface area contributed by atoms with Crippen LogP contribution < -0.4 is 10.6 Å². The van der Waals surface area contributed by atoms with Crippen molar-refractivity contribution >= 4 is 40.6 Å². The average Bonchev–Trinajstić information content (AvgIpc) is 2.37. The van der Waals surface area contributed by atoms with Crippen LogP contribution in [0.5, 0.6) is 0 Å². The standard InChI is InChI=1S/C14H11Cl2N2O/c1-9-5-7-10(8-6-9)17-14(19)18-13-11(15)3-2-4-12(13)16/h2-8H,1H2,(H2,17,18,19). The first-order valence-corrected chi connectivity index (χ1v) is 6.26. The Kier molecular flexibility index (Phi) is 4.30. The number of hydrogen-bond donors (Lipinski definition) is 2. The second-order valence-electron chi connectivity index (χ2n) is 3.87. The summed E-state index contributed by atoms with van der Waals surface area (Å²) >= 11 is 11.9. The van der Waals surface area contributed by atoms with E-state index in [0.29, 0.717) is 21.4 Å². The largest absolute Gasteiger partial charge is 0.323 e. The van der Waals surface area contributed by atoms with Gasteiger partial charge in [-0.05, 0) is 36.8 Å². The maximum Gasteiger partial charge on any atom is 0.323 e. The quantitative estimate of drug-likeness (QED) is 0.819. The number of carbonyl (C=O) groups excluding carboxylic acids is 1. The molecular formula is C14H11Cl2N2O. The topological polar surface area (TPSA) is 41.1 Å². The minimum Gasteiger partial charge on any atom is -0.308 e. The van der Waals surface area contributed by atoms with E-state index in [4.69, 9.17) is 23.2 Å². The first kappa shape index (κ1) is 13.7. The zero-order valence-corrected chi connectivity index (χ0v) is 11.4. The molecule has 2 N–H and O–H groups in total.